The van der Waals surface area contributed by atoms with Crippen LogP contribution in [0.25, 0.3) is 21.8 Å². The van der Waals surface area contributed by atoms with Crippen LogP contribution in [0.2, 0.25) is 0 Å². The van der Waals surface area contributed by atoms with Gasteiger partial charge in [-0.2, -0.15) is 0 Å². The first-order valence-electron chi connectivity index (χ1n) is 9.56. The van der Waals surface area contributed by atoms with Crippen LogP contribution < -0.4 is 0 Å². The summed E-state index contributed by atoms with van der Waals surface area (Å²) in [6.07, 6.45) is 0. The van der Waals surface area contributed by atoms with Crippen molar-refractivity contribution in [3.63, 3.8) is 0 Å². The third-order valence-electron chi connectivity index (χ3n) is 5.26. The van der Waals surface area contributed by atoms with Gasteiger partial charge in [0, 0.05) is 41.4 Å². The van der Waals surface area contributed by atoms with E-state index in [4.69, 9.17) is 0 Å². The van der Waals surface area contributed by atoms with Crippen molar-refractivity contribution in [1.29, 1.82) is 0 Å². The first-order chi connectivity index (χ1) is 12.8. The van der Waals surface area contributed by atoms with Crippen molar-refractivity contribution in [3.8, 4) is 0 Å². The van der Waals surface area contributed by atoms with Crippen LogP contribution in [0.1, 0.15) is 25.0 Å². The second-order valence-corrected chi connectivity index (χ2v) is 6.90. The van der Waals surface area contributed by atoms with Crippen molar-refractivity contribution < 1.29 is 0 Å². The van der Waals surface area contributed by atoms with Crippen molar-refractivity contribution in [2.45, 2.75) is 33.5 Å². The van der Waals surface area contributed by atoms with Gasteiger partial charge in [0.1, 0.15) is 0 Å². The molecule has 2 nitrogen and oxygen atoms in total. The summed E-state index contributed by atoms with van der Waals surface area (Å²) in [6.45, 7) is 8.48. The van der Waals surface area contributed by atoms with Gasteiger partial charge in [-0.3, -0.25) is 4.90 Å². The van der Waals surface area contributed by atoms with Gasteiger partial charge < -0.3 is 4.57 Å². The topological polar surface area (TPSA) is 8.17 Å². The fraction of sp³-hybridized carbons (Fsp3) is 0.250. The highest BCUT2D eigenvalue weighted by Crippen LogP contribution is 2.30. The summed E-state index contributed by atoms with van der Waals surface area (Å²) in [5.74, 6) is 0. The molecule has 0 saturated heterocycles. The molecular formula is C24H26N2. The zero-order chi connectivity index (χ0) is 17.9. The molecule has 0 radical (unpaired) electrons. The second-order valence-electron chi connectivity index (χ2n) is 6.90. The molecule has 0 spiro atoms. The molecule has 0 N–H and O–H groups in total. The average Bonchev–Trinajstić information content (AvgIpc) is 3.01. The van der Waals surface area contributed by atoms with E-state index >= 15 is 0 Å². The first-order valence-corrected chi connectivity index (χ1v) is 9.56. The highest BCUT2D eigenvalue weighted by atomic mass is 15.1. The van der Waals surface area contributed by atoms with E-state index in [1.54, 1.807) is 0 Å². The molecule has 4 aromatic rings. The van der Waals surface area contributed by atoms with Gasteiger partial charge in [0.15, 0.2) is 0 Å². The molecule has 132 valence electrons. The Hall–Kier alpha value is -2.58. The number of aryl methyl sites for hydroxylation is 1. The Morgan fingerprint density at radius 2 is 1.38 bits per heavy atom. The zero-order valence-electron chi connectivity index (χ0n) is 15.7. The Morgan fingerprint density at radius 3 is 2.15 bits per heavy atom. The average molecular weight is 342 g/mol. The molecule has 2 heteroatoms. The summed E-state index contributed by atoms with van der Waals surface area (Å²) >= 11 is 0. The molecule has 1 heterocycles. The highest BCUT2D eigenvalue weighted by Gasteiger charge is 2.11. The quantitative estimate of drug-likeness (QED) is 0.427. The minimum atomic E-state index is 0.979. The summed E-state index contributed by atoms with van der Waals surface area (Å²) in [6, 6.07) is 26.5. The van der Waals surface area contributed by atoms with Gasteiger partial charge in [-0.15, -0.1) is 0 Å². The summed E-state index contributed by atoms with van der Waals surface area (Å²) in [5.41, 5.74) is 5.43. The Balaban J connectivity index is 1.67. The van der Waals surface area contributed by atoms with Gasteiger partial charge in [0.2, 0.25) is 0 Å². The molecule has 1 aromatic heterocycles. The van der Waals surface area contributed by atoms with Gasteiger partial charge in [0.25, 0.3) is 0 Å². The Morgan fingerprint density at radius 1 is 0.692 bits per heavy atom. The lowest BCUT2D eigenvalue weighted by Gasteiger charge is -2.20. The van der Waals surface area contributed by atoms with Crippen LogP contribution in [0.4, 0.5) is 0 Å². The van der Waals surface area contributed by atoms with E-state index in [1.807, 2.05) is 0 Å². The SMILES string of the molecule is CCN(Cc1ccccc1)Cc1ccc2c(c1)c1ccccc1n2CC. The third kappa shape index (κ3) is 3.13. The van der Waals surface area contributed by atoms with E-state index in [0.717, 1.165) is 26.2 Å². The number of aromatic nitrogens is 1. The molecule has 3 aromatic carbocycles. The summed E-state index contributed by atoms with van der Waals surface area (Å²) < 4.78 is 2.41. The van der Waals surface area contributed by atoms with Crippen LogP contribution in [0.15, 0.2) is 72.8 Å². The van der Waals surface area contributed by atoms with Crippen LogP contribution in [0, 0.1) is 0 Å². The van der Waals surface area contributed by atoms with Crippen molar-refractivity contribution in [2.24, 2.45) is 0 Å². The fourth-order valence-electron chi connectivity index (χ4n) is 3.92. The van der Waals surface area contributed by atoms with Gasteiger partial charge in [-0.05, 0) is 42.8 Å². The number of hydrogen-bond donors (Lipinski definition) is 0. The largest absolute Gasteiger partial charge is 0.341 e. The van der Waals surface area contributed by atoms with Gasteiger partial charge >= 0.3 is 0 Å². The van der Waals surface area contributed by atoms with Crippen LogP contribution in [0.3, 0.4) is 0 Å². The maximum atomic E-state index is 2.50. The Kier molecular flexibility index (Phi) is 4.77. The predicted octanol–water partition coefficient (Wildman–Crippen LogP) is 5.84. The lowest BCUT2D eigenvalue weighted by molar-refractivity contribution is 0.271. The minimum Gasteiger partial charge on any atom is -0.341 e. The van der Waals surface area contributed by atoms with Crippen LogP contribution in [0.5, 0.6) is 0 Å². The summed E-state index contributed by atoms with van der Waals surface area (Å²) in [7, 11) is 0. The molecule has 4 rings (SSSR count). The van der Waals surface area contributed by atoms with Crippen molar-refractivity contribution >= 4 is 21.8 Å². The Bertz CT molecular complexity index is 1010. The van der Waals surface area contributed by atoms with E-state index in [1.165, 1.54) is 32.9 Å². The first kappa shape index (κ1) is 16.9. The molecule has 0 atom stereocenters. The standard InChI is InChI=1S/C24H26N2/c1-3-25(17-19-10-6-5-7-11-19)18-20-14-15-24-22(16-20)21-12-8-9-13-23(21)26(24)4-2/h5-16H,3-4,17-18H2,1-2H3. The van der Waals surface area contributed by atoms with Gasteiger partial charge in [0.05, 0.1) is 0 Å². The lowest BCUT2D eigenvalue weighted by atomic mass is 10.1. The monoisotopic (exact) mass is 342 g/mol. The summed E-state index contributed by atoms with van der Waals surface area (Å²) in [4.78, 5) is 2.50. The lowest BCUT2D eigenvalue weighted by Crippen LogP contribution is -2.22. The van der Waals surface area contributed by atoms with Crippen LogP contribution in [-0.2, 0) is 19.6 Å². The molecule has 0 aliphatic carbocycles. The maximum absolute atomic E-state index is 2.50. The van der Waals surface area contributed by atoms with Crippen molar-refractivity contribution in [2.75, 3.05) is 6.54 Å². The third-order valence-corrected chi connectivity index (χ3v) is 5.26. The normalized spacial score (nSPS) is 11.7. The number of fused-ring (bicyclic) bond motifs is 3. The maximum Gasteiger partial charge on any atom is 0.0491 e. The molecule has 26 heavy (non-hydrogen) atoms. The van der Waals surface area contributed by atoms with Crippen LogP contribution >= 0.6 is 0 Å². The fourth-order valence-corrected chi connectivity index (χ4v) is 3.92. The predicted molar refractivity (Wildman–Crippen MR) is 111 cm³/mol. The van der Waals surface area contributed by atoms with E-state index in [0.29, 0.717) is 0 Å². The van der Waals surface area contributed by atoms with Crippen LogP contribution in [-0.4, -0.2) is 16.0 Å². The van der Waals surface area contributed by atoms with Crippen molar-refractivity contribution in [1.82, 2.24) is 9.47 Å². The molecule has 0 bridgehead atoms. The molecule has 0 aliphatic heterocycles. The van der Waals surface area contributed by atoms with E-state index in [-0.39, 0.29) is 0 Å². The minimum absolute atomic E-state index is 0.979. The molecule has 0 aliphatic rings. The van der Waals surface area contributed by atoms with E-state index in [2.05, 4.69) is 96.1 Å². The number of nitrogens with zero attached hydrogens (tertiary/aromatic N) is 2. The zero-order valence-corrected chi connectivity index (χ0v) is 15.7. The van der Waals surface area contributed by atoms with Gasteiger partial charge in [-0.25, -0.2) is 0 Å². The van der Waals surface area contributed by atoms with Crippen molar-refractivity contribution in [3.05, 3.63) is 83.9 Å². The number of rotatable bonds is 6. The number of hydrogen-bond acceptors (Lipinski definition) is 1. The van der Waals surface area contributed by atoms with E-state index < -0.39 is 0 Å². The van der Waals surface area contributed by atoms with E-state index in [9.17, 15) is 0 Å². The molecular weight excluding hydrogens is 316 g/mol. The molecule has 0 saturated carbocycles. The smallest absolute Gasteiger partial charge is 0.0491 e. The molecule has 0 fully saturated rings. The Labute approximate surface area is 155 Å². The molecule has 0 unspecified atom stereocenters. The highest BCUT2D eigenvalue weighted by molar-refractivity contribution is 6.08. The number of benzene rings is 3. The summed E-state index contributed by atoms with van der Waals surface area (Å²) in [5, 5.41) is 2.73. The van der Waals surface area contributed by atoms with Gasteiger partial charge in [-0.1, -0.05) is 61.5 Å². The second kappa shape index (κ2) is 7.35. The molecule has 0 amide bonds. The number of para-hydroxylation sites is 1.